The molecule has 0 bridgehead atoms. The number of nitrogens with one attached hydrogen (secondary N) is 1. The van der Waals surface area contributed by atoms with Crippen LogP contribution in [-0.4, -0.2) is 26.2 Å². The molecular formula is C26H31ClN2O3. The smallest absolute Gasteiger partial charge is 0.228 e. The average Bonchev–Trinajstić information content (AvgIpc) is 2.77. The molecule has 6 heteroatoms. The fourth-order valence-corrected chi connectivity index (χ4v) is 3.46. The van der Waals surface area contributed by atoms with E-state index in [1.54, 1.807) is 7.11 Å². The lowest BCUT2D eigenvalue weighted by Gasteiger charge is -2.12. The number of methoxy groups -OCH3 is 1. The zero-order valence-electron chi connectivity index (χ0n) is 18.6. The number of rotatable bonds is 10. The summed E-state index contributed by atoms with van der Waals surface area (Å²) >= 11 is 0. The van der Waals surface area contributed by atoms with Gasteiger partial charge in [-0.15, -0.1) is 12.4 Å². The van der Waals surface area contributed by atoms with Crippen LogP contribution < -0.4 is 20.5 Å². The molecule has 0 aliphatic rings. The van der Waals surface area contributed by atoms with Crippen LogP contribution in [0.15, 0.2) is 66.7 Å². The first-order valence-corrected chi connectivity index (χ1v) is 10.5. The number of ether oxygens (including phenoxy) is 2. The number of benzene rings is 3. The van der Waals surface area contributed by atoms with Gasteiger partial charge in [0, 0.05) is 12.2 Å². The first-order valence-electron chi connectivity index (χ1n) is 10.5. The molecule has 0 aliphatic heterocycles. The number of hydrogen-bond donors (Lipinski definition) is 2. The minimum atomic E-state index is -0.0755. The quantitative estimate of drug-likeness (QED) is 0.464. The Morgan fingerprint density at radius 2 is 1.62 bits per heavy atom. The minimum absolute atomic E-state index is 0. The van der Waals surface area contributed by atoms with E-state index in [2.05, 4.69) is 42.6 Å². The molecular weight excluding hydrogens is 424 g/mol. The molecule has 0 fully saturated rings. The largest absolute Gasteiger partial charge is 0.493 e. The van der Waals surface area contributed by atoms with Crippen molar-refractivity contribution in [2.75, 3.05) is 25.6 Å². The minimum Gasteiger partial charge on any atom is -0.493 e. The first kappa shape index (κ1) is 25.2. The zero-order chi connectivity index (χ0) is 22.1. The number of aryl methyl sites for hydroxylation is 3. The summed E-state index contributed by atoms with van der Waals surface area (Å²) in [6.45, 7) is 2.95. The van der Waals surface area contributed by atoms with E-state index in [9.17, 15) is 4.79 Å². The molecule has 32 heavy (non-hydrogen) atoms. The highest BCUT2D eigenvalue weighted by Gasteiger charge is 2.10. The maximum absolute atomic E-state index is 12.6. The van der Waals surface area contributed by atoms with Crippen LogP contribution in [0.4, 0.5) is 5.69 Å². The van der Waals surface area contributed by atoms with Gasteiger partial charge >= 0.3 is 0 Å². The number of amides is 1. The molecule has 0 saturated carbocycles. The highest BCUT2D eigenvalue weighted by molar-refractivity contribution is 5.92. The molecule has 1 amide bonds. The summed E-state index contributed by atoms with van der Waals surface area (Å²) in [6, 6.07) is 22.1. The lowest BCUT2D eigenvalue weighted by Crippen LogP contribution is -2.15. The standard InChI is InChI=1S/C26H30N2O3.ClH/c1-19-5-3-6-20(15-19)9-10-21-7-4-8-23(16-21)28-26(29)18-22-11-12-24(31-14-13-27)25(17-22)30-2;/h3-8,11-12,15-17H,9-10,13-14,18,27H2,1-2H3,(H,28,29);1H. The number of carbonyl (C=O) groups excluding carboxylic acids is 1. The Balaban J connectivity index is 0.00000363. The Bertz CT molecular complexity index is 1020. The van der Waals surface area contributed by atoms with E-state index in [1.807, 2.05) is 36.4 Å². The van der Waals surface area contributed by atoms with Crippen LogP contribution in [0.3, 0.4) is 0 Å². The van der Waals surface area contributed by atoms with Crippen molar-refractivity contribution in [3.8, 4) is 11.5 Å². The fourth-order valence-electron chi connectivity index (χ4n) is 3.46. The van der Waals surface area contributed by atoms with Crippen LogP contribution in [0.5, 0.6) is 11.5 Å². The van der Waals surface area contributed by atoms with Gasteiger partial charge in [-0.1, -0.05) is 48.0 Å². The molecule has 3 rings (SSSR count). The summed E-state index contributed by atoms with van der Waals surface area (Å²) in [6.07, 6.45) is 2.15. The molecule has 3 aromatic carbocycles. The Morgan fingerprint density at radius 1 is 0.906 bits per heavy atom. The third-order valence-corrected chi connectivity index (χ3v) is 4.96. The van der Waals surface area contributed by atoms with E-state index in [1.165, 1.54) is 16.7 Å². The Labute approximate surface area is 196 Å². The van der Waals surface area contributed by atoms with E-state index in [-0.39, 0.29) is 24.7 Å². The normalized spacial score (nSPS) is 10.2. The molecule has 5 nitrogen and oxygen atoms in total. The van der Waals surface area contributed by atoms with Gasteiger partial charge in [-0.05, 0) is 60.7 Å². The van der Waals surface area contributed by atoms with E-state index in [0.717, 1.165) is 24.1 Å². The van der Waals surface area contributed by atoms with Crippen molar-refractivity contribution >= 4 is 24.0 Å². The Hall–Kier alpha value is -3.02. The van der Waals surface area contributed by atoms with Gasteiger partial charge in [-0.25, -0.2) is 0 Å². The van der Waals surface area contributed by atoms with Gasteiger partial charge < -0.3 is 20.5 Å². The van der Waals surface area contributed by atoms with Crippen LogP contribution in [0.1, 0.15) is 22.3 Å². The second-order valence-electron chi connectivity index (χ2n) is 7.54. The van der Waals surface area contributed by atoms with Crippen molar-refractivity contribution in [3.05, 3.63) is 89.0 Å². The maximum Gasteiger partial charge on any atom is 0.228 e. The molecule has 0 aliphatic carbocycles. The number of carbonyl (C=O) groups is 1. The molecule has 3 N–H and O–H groups in total. The maximum atomic E-state index is 12.6. The fraction of sp³-hybridized carbons (Fsp3) is 0.269. The topological polar surface area (TPSA) is 73.6 Å². The van der Waals surface area contributed by atoms with Crippen molar-refractivity contribution in [1.82, 2.24) is 0 Å². The lowest BCUT2D eigenvalue weighted by atomic mass is 10.0. The molecule has 0 aromatic heterocycles. The van der Waals surface area contributed by atoms with Crippen molar-refractivity contribution in [2.45, 2.75) is 26.2 Å². The van der Waals surface area contributed by atoms with Gasteiger partial charge in [0.25, 0.3) is 0 Å². The number of anilines is 1. The highest BCUT2D eigenvalue weighted by Crippen LogP contribution is 2.28. The van der Waals surface area contributed by atoms with Crippen molar-refractivity contribution in [1.29, 1.82) is 0 Å². The van der Waals surface area contributed by atoms with Crippen molar-refractivity contribution < 1.29 is 14.3 Å². The molecule has 0 spiro atoms. The van der Waals surface area contributed by atoms with Gasteiger partial charge in [-0.2, -0.15) is 0 Å². The lowest BCUT2D eigenvalue weighted by molar-refractivity contribution is -0.115. The van der Waals surface area contributed by atoms with E-state index in [0.29, 0.717) is 24.7 Å². The van der Waals surface area contributed by atoms with Crippen LogP contribution in [0.2, 0.25) is 0 Å². The van der Waals surface area contributed by atoms with Crippen LogP contribution in [0, 0.1) is 6.92 Å². The second-order valence-corrected chi connectivity index (χ2v) is 7.54. The molecule has 0 radical (unpaired) electrons. The molecule has 0 atom stereocenters. The number of hydrogen-bond acceptors (Lipinski definition) is 4. The zero-order valence-corrected chi connectivity index (χ0v) is 19.4. The molecule has 170 valence electrons. The summed E-state index contributed by atoms with van der Waals surface area (Å²) in [5.74, 6) is 1.14. The van der Waals surface area contributed by atoms with Crippen LogP contribution in [-0.2, 0) is 24.1 Å². The summed E-state index contributed by atoms with van der Waals surface area (Å²) in [5.41, 5.74) is 10.9. The third-order valence-electron chi connectivity index (χ3n) is 4.96. The predicted octanol–water partition coefficient (Wildman–Crippen LogP) is 4.73. The van der Waals surface area contributed by atoms with Crippen LogP contribution in [0.25, 0.3) is 0 Å². The van der Waals surface area contributed by atoms with Gasteiger partial charge in [0.2, 0.25) is 5.91 Å². The van der Waals surface area contributed by atoms with E-state index < -0.39 is 0 Å². The molecule has 0 heterocycles. The molecule has 0 saturated heterocycles. The molecule has 0 unspecified atom stereocenters. The number of halogens is 1. The third kappa shape index (κ3) is 7.59. The SMILES string of the molecule is COc1cc(CC(=O)Nc2cccc(CCc3cccc(C)c3)c2)ccc1OCCN.Cl. The summed E-state index contributed by atoms with van der Waals surface area (Å²) in [7, 11) is 1.58. The average molecular weight is 455 g/mol. The number of nitrogens with two attached hydrogens (primary N) is 1. The van der Waals surface area contributed by atoms with Gasteiger partial charge in [0.15, 0.2) is 11.5 Å². The summed E-state index contributed by atoms with van der Waals surface area (Å²) in [4.78, 5) is 12.6. The Kier molecular flexibility index (Phi) is 10.1. The first-order chi connectivity index (χ1) is 15.1. The van der Waals surface area contributed by atoms with E-state index >= 15 is 0 Å². The Morgan fingerprint density at radius 3 is 2.31 bits per heavy atom. The summed E-state index contributed by atoms with van der Waals surface area (Å²) in [5, 5.41) is 3.00. The van der Waals surface area contributed by atoms with Crippen molar-refractivity contribution in [3.63, 3.8) is 0 Å². The monoisotopic (exact) mass is 454 g/mol. The molecule has 3 aromatic rings. The van der Waals surface area contributed by atoms with Crippen LogP contribution >= 0.6 is 12.4 Å². The van der Waals surface area contributed by atoms with Gasteiger partial charge in [-0.3, -0.25) is 4.79 Å². The van der Waals surface area contributed by atoms with Gasteiger partial charge in [0.05, 0.1) is 13.5 Å². The predicted molar refractivity (Wildman–Crippen MR) is 132 cm³/mol. The highest BCUT2D eigenvalue weighted by atomic mass is 35.5. The van der Waals surface area contributed by atoms with E-state index in [4.69, 9.17) is 15.2 Å². The summed E-state index contributed by atoms with van der Waals surface area (Å²) < 4.78 is 10.9. The second kappa shape index (κ2) is 12.7. The van der Waals surface area contributed by atoms with Gasteiger partial charge in [0.1, 0.15) is 6.61 Å². The van der Waals surface area contributed by atoms with Crippen molar-refractivity contribution in [2.24, 2.45) is 5.73 Å².